The van der Waals surface area contributed by atoms with Gasteiger partial charge >= 0.3 is 0 Å². The molecule has 1 atom stereocenters. The molecule has 0 spiro atoms. The highest BCUT2D eigenvalue weighted by Gasteiger charge is 2.34. The molecule has 1 heterocycles. The lowest BCUT2D eigenvalue weighted by Gasteiger charge is -2.37. The van der Waals surface area contributed by atoms with Crippen LogP contribution in [0.3, 0.4) is 0 Å². The average Bonchev–Trinajstić information content (AvgIpc) is 2.61. The van der Waals surface area contributed by atoms with Crippen LogP contribution in [0.15, 0.2) is 65.6 Å². The molecule has 1 aliphatic heterocycles. The van der Waals surface area contributed by atoms with Gasteiger partial charge in [0.1, 0.15) is 18.0 Å². The summed E-state index contributed by atoms with van der Waals surface area (Å²) in [7, 11) is 0. The van der Waals surface area contributed by atoms with Crippen molar-refractivity contribution in [2.75, 3.05) is 32.1 Å². The van der Waals surface area contributed by atoms with E-state index in [-0.39, 0.29) is 5.60 Å². The molecule has 1 aliphatic rings. The van der Waals surface area contributed by atoms with E-state index in [0.29, 0.717) is 6.61 Å². The summed E-state index contributed by atoms with van der Waals surface area (Å²) in [5.41, 5.74) is -0.283. The monoisotopic (exact) mass is 315 g/mol. The molecule has 1 saturated heterocycles. The van der Waals surface area contributed by atoms with Gasteiger partial charge in [0.05, 0.1) is 6.61 Å². The zero-order valence-electron chi connectivity index (χ0n) is 12.5. The fourth-order valence-electron chi connectivity index (χ4n) is 2.40. The molecule has 2 aromatic rings. The van der Waals surface area contributed by atoms with Gasteiger partial charge in [-0.1, -0.05) is 36.4 Å². The molecule has 116 valence electrons. The van der Waals surface area contributed by atoms with E-state index in [2.05, 4.69) is 29.6 Å². The maximum absolute atomic E-state index is 6.10. The van der Waals surface area contributed by atoms with Crippen LogP contribution in [0, 0.1) is 0 Å². The summed E-state index contributed by atoms with van der Waals surface area (Å²) < 4.78 is 12.1. The number of benzene rings is 2. The SMILES string of the molecule is c1ccc(OCC2(CSc3ccccc3)CNCCO2)cc1. The Balaban J connectivity index is 1.62. The van der Waals surface area contributed by atoms with Crippen molar-refractivity contribution in [1.29, 1.82) is 0 Å². The molecule has 0 saturated carbocycles. The van der Waals surface area contributed by atoms with E-state index in [1.165, 1.54) is 4.90 Å². The predicted molar refractivity (Wildman–Crippen MR) is 90.7 cm³/mol. The van der Waals surface area contributed by atoms with Crippen LogP contribution >= 0.6 is 11.8 Å². The van der Waals surface area contributed by atoms with E-state index < -0.39 is 0 Å². The first-order chi connectivity index (χ1) is 10.9. The summed E-state index contributed by atoms with van der Waals surface area (Å²) in [4.78, 5) is 1.26. The molecule has 0 bridgehead atoms. The van der Waals surface area contributed by atoms with Crippen LogP contribution in [-0.4, -0.2) is 37.7 Å². The van der Waals surface area contributed by atoms with Crippen molar-refractivity contribution in [3.63, 3.8) is 0 Å². The number of hydrogen-bond donors (Lipinski definition) is 1. The van der Waals surface area contributed by atoms with E-state index in [9.17, 15) is 0 Å². The molecule has 0 radical (unpaired) electrons. The lowest BCUT2D eigenvalue weighted by Crippen LogP contribution is -2.55. The zero-order valence-corrected chi connectivity index (χ0v) is 13.4. The third-order valence-corrected chi connectivity index (χ3v) is 4.90. The van der Waals surface area contributed by atoms with Crippen molar-refractivity contribution in [3.05, 3.63) is 60.7 Å². The maximum atomic E-state index is 6.10. The first kappa shape index (κ1) is 15.4. The molecule has 3 rings (SSSR count). The number of ether oxygens (including phenoxy) is 2. The summed E-state index contributed by atoms with van der Waals surface area (Å²) in [6, 6.07) is 20.4. The normalized spacial score (nSPS) is 21.5. The molecule has 1 fully saturated rings. The highest BCUT2D eigenvalue weighted by Crippen LogP contribution is 2.27. The van der Waals surface area contributed by atoms with Crippen molar-refractivity contribution in [3.8, 4) is 5.75 Å². The topological polar surface area (TPSA) is 30.5 Å². The molecule has 0 aromatic heterocycles. The largest absolute Gasteiger partial charge is 0.491 e. The lowest BCUT2D eigenvalue weighted by atomic mass is 10.1. The highest BCUT2D eigenvalue weighted by molar-refractivity contribution is 7.99. The summed E-state index contributed by atoms with van der Waals surface area (Å²) in [6.45, 7) is 3.01. The third-order valence-electron chi connectivity index (χ3n) is 3.62. The van der Waals surface area contributed by atoms with Crippen LogP contribution in [0.5, 0.6) is 5.75 Å². The van der Waals surface area contributed by atoms with E-state index in [0.717, 1.165) is 31.2 Å². The fraction of sp³-hybridized carbons (Fsp3) is 0.333. The van der Waals surface area contributed by atoms with Crippen LogP contribution in [-0.2, 0) is 4.74 Å². The van der Waals surface area contributed by atoms with Gasteiger partial charge in [-0.2, -0.15) is 0 Å². The molecule has 3 nitrogen and oxygen atoms in total. The minimum Gasteiger partial charge on any atom is -0.491 e. The van der Waals surface area contributed by atoms with Crippen LogP contribution in [0.1, 0.15) is 0 Å². The molecule has 22 heavy (non-hydrogen) atoms. The Bertz CT molecular complexity index is 510. The first-order valence-corrected chi connectivity index (χ1v) is 8.55. The van der Waals surface area contributed by atoms with E-state index >= 15 is 0 Å². The second kappa shape index (κ2) is 7.68. The van der Waals surface area contributed by atoms with Crippen molar-refractivity contribution in [2.45, 2.75) is 10.5 Å². The second-order valence-electron chi connectivity index (χ2n) is 5.41. The van der Waals surface area contributed by atoms with Gasteiger partial charge in [-0.3, -0.25) is 0 Å². The minimum atomic E-state index is -0.283. The predicted octanol–water partition coefficient (Wildman–Crippen LogP) is 3.22. The number of rotatable bonds is 6. The Labute approximate surface area is 136 Å². The van der Waals surface area contributed by atoms with Crippen molar-refractivity contribution < 1.29 is 9.47 Å². The van der Waals surface area contributed by atoms with Gasteiger partial charge in [0.2, 0.25) is 0 Å². The number of nitrogens with one attached hydrogen (secondary N) is 1. The van der Waals surface area contributed by atoms with Gasteiger partial charge in [0, 0.05) is 23.7 Å². The van der Waals surface area contributed by atoms with E-state index in [1.54, 1.807) is 0 Å². The average molecular weight is 315 g/mol. The van der Waals surface area contributed by atoms with Crippen LogP contribution in [0.4, 0.5) is 0 Å². The lowest BCUT2D eigenvalue weighted by molar-refractivity contribution is -0.0738. The minimum absolute atomic E-state index is 0.283. The van der Waals surface area contributed by atoms with Gasteiger partial charge in [-0.15, -0.1) is 11.8 Å². The van der Waals surface area contributed by atoms with Crippen molar-refractivity contribution in [1.82, 2.24) is 5.32 Å². The summed E-state index contributed by atoms with van der Waals surface area (Å²) in [5.74, 6) is 1.76. The Morgan fingerprint density at radius 1 is 1.05 bits per heavy atom. The quantitative estimate of drug-likeness (QED) is 0.829. The van der Waals surface area contributed by atoms with E-state index in [4.69, 9.17) is 9.47 Å². The molecular formula is C18H21NO2S. The van der Waals surface area contributed by atoms with Gasteiger partial charge in [-0.05, 0) is 24.3 Å². The van der Waals surface area contributed by atoms with Gasteiger partial charge < -0.3 is 14.8 Å². The fourth-order valence-corrected chi connectivity index (χ4v) is 3.45. The highest BCUT2D eigenvalue weighted by atomic mass is 32.2. The Kier molecular flexibility index (Phi) is 5.38. The maximum Gasteiger partial charge on any atom is 0.124 e. The zero-order chi connectivity index (χ0) is 15.1. The van der Waals surface area contributed by atoms with Gasteiger partial charge in [-0.25, -0.2) is 0 Å². The molecule has 1 N–H and O–H groups in total. The molecule has 1 unspecified atom stereocenters. The summed E-state index contributed by atoms with van der Waals surface area (Å²) >= 11 is 1.82. The standard InChI is InChI=1S/C18H21NO2S/c1-3-7-16(8-4-1)20-14-18(13-19-11-12-21-18)15-22-17-9-5-2-6-10-17/h1-10,19H,11-15H2. The Morgan fingerprint density at radius 3 is 2.45 bits per heavy atom. The van der Waals surface area contributed by atoms with E-state index in [1.807, 2.05) is 48.2 Å². The second-order valence-corrected chi connectivity index (χ2v) is 6.46. The van der Waals surface area contributed by atoms with Crippen LogP contribution in [0.2, 0.25) is 0 Å². The van der Waals surface area contributed by atoms with Crippen LogP contribution in [0.25, 0.3) is 0 Å². The third kappa shape index (κ3) is 4.26. The molecule has 0 aliphatic carbocycles. The number of morpholine rings is 1. The van der Waals surface area contributed by atoms with Crippen molar-refractivity contribution in [2.24, 2.45) is 0 Å². The molecular weight excluding hydrogens is 294 g/mol. The molecule has 0 amide bonds. The van der Waals surface area contributed by atoms with Gasteiger partial charge in [0.25, 0.3) is 0 Å². The molecule has 4 heteroatoms. The Hall–Kier alpha value is -1.49. The van der Waals surface area contributed by atoms with Gasteiger partial charge in [0.15, 0.2) is 0 Å². The number of para-hydroxylation sites is 1. The summed E-state index contributed by atoms with van der Waals surface area (Å²) in [5, 5.41) is 3.43. The Morgan fingerprint density at radius 2 is 1.77 bits per heavy atom. The number of hydrogen-bond acceptors (Lipinski definition) is 4. The smallest absolute Gasteiger partial charge is 0.124 e. The van der Waals surface area contributed by atoms with Crippen LogP contribution < -0.4 is 10.1 Å². The first-order valence-electron chi connectivity index (χ1n) is 7.57. The summed E-state index contributed by atoms with van der Waals surface area (Å²) in [6.07, 6.45) is 0. The molecule has 2 aromatic carbocycles. The number of thioether (sulfide) groups is 1. The van der Waals surface area contributed by atoms with Crippen molar-refractivity contribution >= 4 is 11.8 Å².